The van der Waals surface area contributed by atoms with Crippen LogP contribution in [0.1, 0.15) is 50.9 Å². The zero-order chi connectivity index (χ0) is 11.9. The van der Waals surface area contributed by atoms with Gasteiger partial charge in [0.25, 0.3) is 0 Å². The SMILES string of the molecule is CC1(C)CC[C@H](Cn2cnc3c2CCCC3)O1. The molecular formula is C14H22N2O. The van der Waals surface area contributed by atoms with Gasteiger partial charge in [-0.05, 0) is 52.4 Å². The Morgan fingerprint density at radius 2 is 2.24 bits per heavy atom. The first-order chi connectivity index (χ1) is 8.14. The molecule has 0 aromatic carbocycles. The van der Waals surface area contributed by atoms with Crippen LogP contribution in [0.2, 0.25) is 0 Å². The van der Waals surface area contributed by atoms with Crippen molar-refractivity contribution in [1.82, 2.24) is 9.55 Å². The number of hydrogen-bond acceptors (Lipinski definition) is 2. The first-order valence-electron chi connectivity index (χ1n) is 6.85. The number of aromatic nitrogens is 2. The molecular weight excluding hydrogens is 212 g/mol. The lowest BCUT2D eigenvalue weighted by atomic mass is 10.0. The van der Waals surface area contributed by atoms with Gasteiger partial charge < -0.3 is 9.30 Å². The average Bonchev–Trinajstić information content (AvgIpc) is 2.84. The standard InChI is InChI=1S/C14H22N2O/c1-14(2)8-7-11(17-14)9-16-10-15-12-5-3-4-6-13(12)16/h10-11H,3-9H2,1-2H3/t11-/m1/s1. The second kappa shape index (κ2) is 4.13. The molecule has 1 fully saturated rings. The van der Waals surface area contributed by atoms with E-state index in [1.165, 1.54) is 49.9 Å². The third-order valence-electron chi connectivity index (χ3n) is 4.06. The minimum absolute atomic E-state index is 0.0747. The van der Waals surface area contributed by atoms with Crippen molar-refractivity contribution in [2.24, 2.45) is 0 Å². The number of ether oxygens (including phenoxy) is 1. The van der Waals surface area contributed by atoms with Crippen LogP contribution in [0.15, 0.2) is 6.33 Å². The molecule has 1 aromatic rings. The first-order valence-corrected chi connectivity index (χ1v) is 6.85. The molecule has 17 heavy (non-hydrogen) atoms. The number of hydrogen-bond donors (Lipinski definition) is 0. The molecule has 0 amide bonds. The largest absolute Gasteiger partial charge is 0.370 e. The summed E-state index contributed by atoms with van der Waals surface area (Å²) in [7, 11) is 0. The van der Waals surface area contributed by atoms with Gasteiger partial charge in [-0.1, -0.05) is 0 Å². The second-order valence-electron chi connectivity index (χ2n) is 6.04. The minimum atomic E-state index is 0.0747. The van der Waals surface area contributed by atoms with Crippen LogP contribution < -0.4 is 0 Å². The zero-order valence-electron chi connectivity index (χ0n) is 10.9. The number of aryl methyl sites for hydroxylation is 1. The minimum Gasteiger partial charge on any atom is -0.370 e. The van der Waals surface area contributed by atoms with Gasteiger partial charge in [-0.3, -0.25) is 0 Å². The molecule has 1 atom stereocenters. The third kappa shape index (κ3) is 2.25. The Bertz CT molecular complexity index is 408. The van der Waals surface area contributed by atoms with E-state index in [2.05, 4.69) is 23.4 Å². The summed E-state index contributed by atoms with van der Waals surface area (Å²) >= 11 is 0. The van der Waals surface area contributed by atoms with E-state index in [4.69, 9.17) is 4.74 Å². The summed E-state index contributed by atoms with van der Waals surface area (Å²) in [5.74, 6) is 0. The van der Waals surface area contributed by atoms with Gasteiger partial charge in [-0.2, -0.15) is 0 Å². The van der Waals surface area contributed by atoms with Crippen LogP contribution in [0, 0.1) is 0 Å². The maximum absolute atomic E-state index is 6.06. The maximum Gasteiger partial charge on any atom is 0.0952 e. The topological polar surface area (TPSA) is 27.1 Å². The smallest absolute Gasteiger partial charge is 0.0952 e. The molecule has 1 aromatic heterocycles. The summed E-state index contributed by atoms with van der Waals surface area (Å²) in [6.07, 6.45) is 9.74. The highest BCUT2D eigenvalue weighted by Gasteiger charge is 2.32. The van der Waals surface area contributed by atoms with Crippen molar-refractivity contribution in [3.63, 3.8) is 0 Å². The fourth-order valence-electron chi connectivity index (χ4n) is 3.11. The van der Waals surface area contributed by atoms with E-state index in [1.807, 2.05) is 6.33 Å². The Balaban J connectivity index is 1.71. The Hall–Kier alpha value is -0.830. The molecule has 2 aliphatic rings. The molecule has 3 nitrogen and oxygen atoms in total. The Kier molecular flexibility index (Phi) is 2.74. The van der Waals surface area contributed by atoms with Gasteiger partial charge in [-0.15, -0.1) is 0 Å². The molecule has 1 aliphatic carbocycles. The lowest BCUT2D eigenvalue weighted by Crippen LogP contribution is -2.23. The van der Waals surface area contributed by atoms with Crippen LogP contribution >= 0.6 is 0 Å². The molecule has 0 bridgehead atoms. The molecule has 0 N–H and O–H groups in total. The van der Waals surface area contributed by atoms with Crippen molar-refractivity contribution in [2.75, 3.05) is 0 Å². The quantitative estimate of drug-likeness (QED) is 0.786. The molecule has 3 rings (SSSR count). The summed E-state index contributed by atoms with van der Waals surface area (Å²) in [6, 6.07) is 0. The van der Waals surface area contributed by atoms with Gasteiger partial charge in [0.15, 0.2) is 0 Å². The van der Waals surface area contributed by atoms with E-state index in [0.29, 0.717) is 6.10 Å². The van der Waals surface area contributed by atoms with Gasteiger partial charge in [0.2, 0.25) is 0 Å². The molecule has 0 spiro atoms. The molecule has 94 valence electrons. The van der Waals surface area contributed by atoms with Crippen LogP contribution in [-0.2, 0) is 24.1 Å². The molecule has 2 heterocycles. The highest BCUT2D eigenvalue weighted by atomic mass is 16.5. The lowest BCUT2D eigenvalue weighted by molar-refractivity contribution is -0.0219. The van der Waals surface area contributed by atoms with Crippen molar-refractivity contribution in [2.45, 2.75) is 70.6 Å². The highest BCUT2D eigenvalue weighted by Crippen LogP contribution is 2.31. The van der Waals surface area contributed by atoms with Crippen molar-refractivity contribution < 1.29 is 4.74 Å². The van der Waals surface area contributed by atoms with E-state index in [0.717, 1.165) is 6.54 Å². The molecule has 1 saturated heterocycles. The van der Waals surface area contributed by atoms with Gasteiger partial charge in [0.05, 0.1) is 30.3 Å². The molecule has 3 heteroatoms. The van der Waals surface area contributed by atoms with Gasteiger partial charge >= 0.3 is 0 Å². The molecule has 0 saturated carbocycles. The fraction of sp³-hybridized carbons (Fsp3) is 0.786. The number of imidazole rings is 1. The molecule has 0 radical (unpaired) electrons. The first kappa shape index (κ1) is 11.3. The summed E-state index contributed by atoms with van der Waals surface area (Å²) in [5.41, 5.74) is 2.86. The predicted octanol–water partition coefficient (Wildman–Crippen LogP) is 2.72. The summed E-state index contributed by atoms with van der Waals surface area (Å²) in [6.45, 7) is 5.37. The Labute approximate surface area is 103 Å². The second-order valence-corrected chi connectivity index (χ2v) is 6.04. The monoisotopic (exact) mass is 234 g/mol. The van der Waals surface area contributed by atoms with E-state index in [1.54, 1.807) is 0 Å². The van der Waals surface area contributed by atoms with Crippen molar-refractivity contribution in [3.8, 4) is 0 Å². The number of fused-ring (bicyclic) bond motifs is 1. The van der Waals surface area contributed by atoms with Crippen LogP contribution in [0.25, 0.3) is 0 Å². The fourth-order valence-corrected chi connectivity index (χ4v) is 3.11. The third-order valence-corrected chi connectivity index (χ3v) is 4.06. The normalized spacial score (nSPS) is 27.1. The van der Waals surface area contributed by atoms with Crippen molar-refractivity contribution in [3.05, 3.63) is 17.7 Å². The van der Waals surface area contributed by atoms with E-state index < -0.39 is 0 Å². The van der Waals surface area contributed by atoms with Crippen LogP contribution in [0.5, 0.6) is 0 Å². The van der Waals surface area contributed by atoms with Crippen molar-refractivity contribution >= 4 is 0 Å². The Morgan fingerprint density at radius 1 is 1.41 bits per heavy atom. The summed E-state index contributed by atoms with van der Waals surface area (Å²) in [5, 5.41) is 0. The zero-order valence-corrected chi connectivity index (χ0v) is 10.9. The summed E-state index contributed by atoms with van der Waals surface area (Å²) < 4.78 is 8.40. The van der Waals surface area contributed by atoms with E-state index in [9.17, 15) is 0 Å². The average molecular weight is 234 g/mol. The van der Waals surface area contributed by atoms with Crippen LogP contribution in [0.4, 0.5) is 0 Å². The van der Waals surface area contributed by atoms with E-state index in [-0.39, 0.29) is 5.60 Å². The summed E-state index contributed by atoms with van der Waals surface area (Å²) in [4.78, 5) is 4.54. The van der Waals surface area contributed by atoms with E-state index >= 15 is 0 Å². The van der Waals surface area contributed by atoms with Gasteiger partial charge in [0, 0.05) is 5.69 Å². The van der Waals surface area contributed by atoms with Gasteiger partial charge in [0.1, 0.15) is 0 Å². The maximum atomic E-state index is 6.06. The number of rotatable bonds is 2. The highest BCUT2D eigenvalue weighted by molar-refractivity contribution is 5.16. The predicted molar refractivity (Wildman–Crippen MR) is 67.1 cm³/mol. The van der Waals surface area contributed by atoms with Crippen LogP contribution in [-0.4, -0.2) is 21.3 Å². The number of nitrogens with zero attached hydrogens (tertiary/aromatic N) is 2. The van der Waals surface area contributed by atoms with Crippen molar-refractivity contribution in [1.29, 1.82) is 0 Å². The Morgan fingerprint density at radius 3 is 3.00 bits per heavy atom. The molecule has 0 unspecified atom stereocenters. The molecule has 1 aliphatic heterocycles. The van der Waals surface area contributed by atoms with Gasteiger partial charge in [-0.25, -0.2) is 4.98 Å². The van der Waals surface area contributed by atoms with Crippen LogP contribution in [0.3, 0.4) is 0 Å². The lowest BCUT2D eigenvalue weighted by Gasteiger charge is -2.21.